The van der Waals surface area contributed by atoms with Crippen molar-refractivity contribution < 1.29 is 9.57 Å². The first-order chi connectivity index (χ1) is 6.09. The van der Waals surface area contributed by atoms with Crippen LogP contribution in [-0.4, -0.2) is 25.0 Å². The summed E-state index contributed by atoms with van der Waals surface area (Å²) in [6.07, 6.45) is 0.969. The molecule has 1 aliphatic rings. The molecule has 1 fully saturated rings. The summed E-state index contributed by atoms with van der Waals surface area (Å²) in [4.78, 5) is 5.00. The van der Waals surface area contributed by atoms with Gasteiger partial charge in [-0.05, 0) is 13.3 Å². The van der Waals surface area contributed by atoms with Gasteiger partial charge in [0.2, 0.25) is 0 Å². The molecular formula is C9H16NO3-. The van der Waals surface area contributed by atoms with E-state index in [1.54, 1.807) is 6.92 Å². The first-order valence-corrected chi connectivity index (χ1v) is 4.43. The van der Waals surface area contributed by atoms with Crippen LogP contribution in [0.25, 0.3) is 0 Å². The van der Waals surface area contributed by atoms with Crippen molar-refractivity contribution in [1.29, 1.82) is 0 Å². The smallest absolute Gasteiger partial charge is 0.0838 e. The normalized spacial score (nSPS) is 19.3. The number of hydrogen-bond acceptors (Lipinski definition) is 4. The highest BCUT2D eigenvalue weighted by molar-refractivity contribution is 4.87. The summed E-state index contributed by atoms with van der Waals surface area (Å²) < 4.78 is 5.10. The highest BCUT2D eigenvalue weighted by atomic mass is 16.9. The van der Waals surface area contributed by atoms with Crippen molar-refractivity contribution in [1.82, 2.24) is 5.23 Å². The Hall–Kier alpha value is -0.580. The molecule has 0 radical (unpaired) electrons. The molecule has 0 bridgehead atoms. The summed E-state index contributed by atoms with van der Waals surface area (Å²) in [5.41, 5.74) is 0.421. The van der Waals surface area contributed by atoms with Crippen LogP contribution >= 0.6 is 0 Å². The Balaban J connectivity index is 2.28. The van der Waals surface area contributed by atoms with Gasteiger partial charge in [-0.25, -0.2) is 0 Å². The van der Waals surface area contributed by atoms with E-state index < -0.39 is 0 Å². The Morgan fingerprint density at radius 2 is 2.31 bits per heavy atom. The summed E-state index contributed by atoms with van der Waals surface area (Å²) in [5.74, 6) is 0. The first kappa shape index (κ1) is 10.5. The van der Waals surface area contributed by atoms with Crippen LogP contribution in [0.4, 0.5) is 0 Å². The van der Waals surface area contributed by atoms with Gasteiger partial charge in [-0.3, -0.25) is 4.84 Å². The van der Waals surface area contributed by atoms with E-state index in [1.807, 2.05) is 0 Å². The standard InChI is InChI=1S/C9H16NO3/c1-4-9(5-12-6-9)7-13-10(11)8(2)3/h2,4-7H2,1,3H3/q-1. The molecule has 1 aliphatic heterocycles. The van der Waals surface area contributed by atoms with Gasteiger partial charge in [0.15, 0.2) is 0 Å². The Morgan fingerprint density at radius 1 is 1.69 bits per heavy atom. The maximum Gasteiger partial charge on any atom is 0.0838 e. The zero-order chi connectivity index (χ0) is 9.90. The molecule has 0 atom stereocenters. The third-order valence-corrected chi connectivity index (χ3v) is 2.37. The van der Waals surface area contributed by atoms with Crippen molar-refractivity contribution in [3.05, 3.63) is 17.5 Å². The van der Waals surface area contributed by atoms with E-state index in [0.717, 1.165) is 6.42 Å². The van der Waals surface area contributed by atoms with Crippen molar-refractivity contribution >= 4 is 0 Å². The van der Waals surface area contributed by atoms with Gasteiger partial charge in [-0.15, -0.1) is 0 Å². The minimum atomic E-state index is 0.0537. The van der Waals surface area contributed by atoms with E-state index in [-0.39, 0.29) is 5.41 Å². The van der Waals surface area contributed by atoms with Crippen molar-refractivity contribution in [2.45, 2.75) is 20.3 Å². The molecule has 76 valence electrons. The number of hydrogen-bond donors (Lipinski definition) is 0. The number of nitrogens with zero attached hydrogens (tertiary/aromatic N) is 1. The zero-order valence-corrected chi connectivity index (χ0v) is 8.21. The molecule has 13 heavy (non-hydrogen) atoms. The lowest BCUT2D eigenvalue weighted by Gasteiger charge is -2.42. The van der Waals surface area contributed by atoms with Crippen LogP contribution in [0.15, 0.2) is 12.3 Å². The van der Waals surface area contributed by atoms with E-state index in [2.05, 4.69) is 13.5 Å². The lowest BCUT2D eigenvalue weighted by atomic mass is 9.84. The fourth-order valence-electron chi connectivity index (χ4n) is 1.09. The van der Waals surface area contributed by atoms with Crippen LogP contribution in [0.2, 0.25) is 0 Å². The molecule has 0 aromatic carbocycles. The molecule has 0 spiro atoms. The Labute approximate surface area is 78.7 Å². The van der Waals surface area contributed by atoms with Crippen LogP contribution in [0.1, 0.15) is 20.3 Å². The minimum Gasteiger partial charge on any atom is -0.734 e. The summed E-state index contributed by atoms with van der Waals surface area (Å²) in [6, 6.07) is 0. The van der Waals surface area contributed by atoms with E-state index in [0.29, 0.717) is 30.7 Å². The topological polar surface area (TPSA) is 44.8 Å². The SMILES string of the molecule is C=C(C)N([O-])OCC1(CC)COC1. The zero-order valence-electron chi connectivity index (χ0n) is 8.21. The summed E-state index contributed by atoms with van der Waals surface area (Å²) in [5, 5.41) is 11.5. The van der Waals surface area contributed by atoms with Crippen molar-refractivity contribution in [3.8, 4) is 0 Å². The molecule has 1 saturated heterocycles. The van der Waals surface area contributed by atoms with Crippen molar-refractivity contribution in [2.24, 2.45) is 5.41 Å². The molecule has 0 aliphatic carbocycles. The molecule has 0 amide bonds. The van der Waals surface area contributed by atoms with Crippen LogP contribution in [0.5, 0.6) is 0 Å². The monoisotopic (exact) mass is 186 g/mol. The average Bonchev–Trinajstić information content (AvgIpc) is 2.02. The molecule has 1 rings (SSSR count). The quantitative estimate of drug-likeness (QED) is 0.613. The molecule has 4 heteroatoms. The second kappa shape index (κ2) is 4.09. The van der Waals surface area contributed by atoms with Crippen molar-refractivity contribution in [2.75, 3.05) is 19.8 Å². The molecule has 1 heterocycles. The van der Waals surface area contributed by atoms with Gasteiger partial charge in [0, 0.05) is 11.1 Å². The second-order valence-electron chi connectivity index (χ2n) is 3.61. The van der Waals surface area contributed by atoms with E-state index in [1.165, 1.54) is 0 Å². The number of rotatable bonds is 5. The van der Waals surface area contributed by atoms with Gasteiger partial charge < -0.3 is 15.2 Å². The van der Waals surface area contributed by atoms with Gasteiger partial charge in [-0.1, -0.05) is 13.5 Å². The van der Waals surface area contributed by atoms with Crippen molar-refractivity contribution in [3.63, 3.8) is 0 Å². The minimum absolute atomic E-state index is 0.0537. The Kier molecular flexibility index (Phi) is 3.30. The van der Waals surface area contributed by atoms with Crippen LogP contribution in [-0.2, 0) is 9.57 Å². The summed E-state index contributed by atoms with van der Waals surface area (Å²) in [6.45, 7) is 8.96. The predicted molar refractivity (Wildman–Crippen MR) is 49.5 cm³/mol. The van der Waals surface area contributed by atoms with E-state index in [9.17, 15) is 5.21 Å². The average molecular weight is 186 g/mol. The van der Waals surface area contributed by atoms with Crippen LogP contribution in [0.3, 0.4) is 0 Å². The van der Waals surface area contributed by atoms with Gasteiger partial charge in [0.05, 0.1) is 19.8 Å². The number of allylic oxidation sites excluding steroid dienone is 1. The van der Waals surface area contributed by atoms with Gasteiger partial charge in [0.25, 0.3) is 0 Å². The number of hydroxylamine groups is 2. The van der Waals surface area contributed by atoms with Gasteiger partial charge >= 0.3 is 0 Å². The first-order valence-electron chi connectivity index (χ1n) is 4.43. The predicted octanol–water partition coefficient (Wildman–Crippen LogP) is 1.68. The molecule has 0 aromatic heterocycles. The van der Waals surface area contributed by atoms with E-state index in [4.69, 9.17) is 9.57 Å². The van der Waals surface area contributed by atoms with Gasteiger partial charge in [-0.2, -0.15) is 0 Å². The third kappa shape index (κ3) is 2.43. The largest absolute Gasteiger partial charge is 0.734 e. The summed E-state index contributed by atoms with van der Waals surface area (Å²) >= 11 is 0. The maximum atomic E-state index is 11.0. The lowest BCUT2D eigenvalue weighted by Crippen LogP contribution is -2.46. The molecule has 0 aromatic rings. The fraction of sp³-hybridized carbons (Fsp3) is 0.778. The molecule has 0 unspecified atom stereocenters. The highest BCUT2D eigenvalue weighted by Crippen LogP contribution is 2.31. The molecule has 0 N–H and O–H groups in total. The second-order valence-corrected chi connectivity index (χ2v) is 3.61. The van der Waals surface area contributed by atoms with Gasteiger partial charge in [0.1, 0.15) is 0 Å². The lowest BCUT2D eigenvalue weighted by molar-refractivity contribution is -0.201. The van der Waals surface area contributed by atoms with Crippen LogP contribution in [0, 0.1) is 10.6 Å². The number of ether oxygens (including phenoxy) is 1. The maximum absolute atomic E-state index is 11.0. The van der Waals surface area contributed by atoms with E-state index >= 15 is 0 Å². The molecular weight excluding hydrogens is 170 g/mol. The third-order valence-electron chi connectivity index (χ3n) is 2.37. The summed E-state index contributed by atoms with van der Waals surface area (Å²) in [7, 11) is 0. The molecule has 0 saturated carbocycles. The highest BCUT2D eigenvalue weighted by Gasteiger charge is 2.37. The Bertz CT molecular complexity index is 184. The molecule has 4 nitrogen and oxygen atoms in total. The van der Waals surface area contributed by atoms with Crippen LogP contribution < -0.4 is 0 Å². The fourth-order valence-corrected chi connectivity index (χ4v) is 1.09. The Morgan fingerprint density at radius 3 is 2.62 bits per heavy atom.